The molecule has 0 saturated carbocycles. The Morgan fingerprint density at radius 2 is 1.81 bits per heavy atom. The summed E-state index contributed by atoms with van der Waals surface area (Å²) in [5.74, 6) is -1.71. The zero-order valence-electron chi connectivity index (χ0n) is 20.4. The van der Waals surface area contributed by atoms with Crippen molar-refractivity contribution in [3.8, 4) is 5.75 Å². The van der Waals surface area contributed by atoms with E-state index in [4.69, 9.17) is 4.74 Å². The third-order valence-corrected chi connectivity index (χ3v) is 6.86. The fourth-order valence-electron chi connectivity index (χ4n) is 5.09. The molecule has 4 nitrogen and oxygen atoms in total. The van der Waals surface area contributed by atoms with Crippen molar-refractivity contribution in [1.29, 1.82) is 0 Å². The quantitative estimate of drug-likeness (QED) is 0.266. The number of hydrogen-bond donors (Lipinski definition) is 1. The van der Waals surface area contributed by atoms with Gasteiger partial charge in [-0.15, -0.1) is 12.4 Å². The van der Waals surface area contributed by atoms with E-state index >= 15 is 0 Å². The molecule has 4 aromatic rings. The first-order valence-electron chi connectivity index (χ1n) is 12.1. The molecule has 0 bridgehead atoms. The number of aromatic carboxylic acids is 1. The number of carbonyl (C=O) groups is 1. The minimum Gasteiger partial charge on any atom is -0.486 e. The number of anilines is 2. The largest absolute Gasteiger partial charge is 0.486 e. The fourth-order valence-corrected chi connectivity index (χ4v) is 5.09. The van der Waals surface area contributed by atoms with Crippen LogP contribution in [0.15, 0.2) is 78.9 Å². The number of rotatable bonds is 7. The molecule has 0 amide bonds. The average Bonchev–Trinajstić information content (AvgIpc) is 2.87. The van der Waals surface area contributed by atoms with Crippen LogP contribution in [0.2, 0.25) is 0 Å². The van der Waals surface area contributed by atoms with E-state index in [1.807, 2.05) is 6.07 Å². The average molecular weight is 524 g/mol. The summed E-state index contributed by atoms with van der Waals surface area (Å²) in [6, 6.07) is 22.9. The zero-order chi connectivity index (χ0) is 25.2. The maximum Gasteiger partial charge on any atom is 0.335 e. The van der Waals surface area contributed by atoms with Gasteiger partial charge in [-0.05, 0) is 71.8 Å². The zero-order valence-corrected chi connectivity index (χ0v) is 21.2. The van der Waals surface area contributed by atoms with Crippen LogP contribution >= 0.6 is 12.4 Å². The first-order chi connectivity index (χ1) is 17.4. The van der Waals surface area contributed by atoms with Gasteiger partial charge in [-0.25, -0.2) is 13.6 Å². The topological polar surface area (TPSA) is 49.8 Å². The highest BCUT2D eigenvalue weighted by atomic mass is 35.5. The minimum atomic E-state index is -1.24. The second kappa shape index (κ2) is 11.2. The van der Waals surface area contributed by atoms with Crippen LogP contribution in [0.3, 0.4) is 0 Å². The lowest BCUT2D eigenvalue weighted by atomic mass is 9.90. The number of carboxylic acid groups (broad SMARTS) is 1. The summed E-state index contributed by atoms with van der Waals surface area (Å²) in [5.41, 5.74) is 1.61. The molecule has 0 spiro atoms. The van der Waals surface area contributed by atoms with E-state index in [1.165, 1.54) is 34.5 Å². The van der Waals surface area contributed by atoms with Crippen LogP contribution in [0.4, 0.5) is 20.2 Å². The predicted molar refractivity (Wildman–Crippen MR) is 145 cm³/mol. The highest BCUT2D eigenvalue weighted by Gasteiger charge is 2.30. The number of benzene rings is 4. The lowest BCUT2D eigenvalue weighted by Gasteiger charge is -2.37. The third-order valence-electron chi connectivity index (χ3n) is 6.86. The maximum atomic E-state index is 14.8. The van der Waals surface area contributed by atoms with Crippen LogP contribution in [0.25, 0.3) is 10.8 Å². The molecule has 0 aliphatic carbocycles. The molecule has 4 aromatic carbocycles. The summed E-state index contributed by atoms with van der Waals surface area (Å²) in [7, 11) is 0. The summed E-state index contributed by atoms with van der Waals surface area (Å²) in [6.07, 6.45) is 2.31. The molecule has 1 aliphatic rings. The SMILES string of the molecule is C[C@@H](CCCC1CN(c2cc(F)cc(C(=O)O)c2)c2c(F)cccc2O1)c1cccc2ccccc12.Cl. The Morgan fingerprint density at radius 1 is 1.05 bits per heavy atom. The van der Waals surface area contributed by atoms with E-state index < -0.39 is 17.6 Å². The molecule has 0 aromatic heterocycles. The molecular weight excluding hydrogens is 496 g/mol. The number of carboxylic acids is 1. The fraction of sp³-hybridized carbons (Fsp3) is 0.233. The van der Waals surface area contributed by atoms with E-state index in [2.05, 4.69) is 43.3 Å². The Labute approximate surface area is 220 Å². The molecule has 37 heavy (non-hydrogen) atoms. The second-order valence-corrected chi connectivity index (χ2v) is 9.34. The molecule has 0 saturated heterocycles. The Morgan fingerprint density at radius 3 is 2.62 bits per heavy atom. The van der Waals surface area contributed by atoms with Crippen molar-refractivity contribution >= 4 is 40.5 Å². The van der Waals surface area contributed by atoms with E-state index in [0.29, 0.717) is 18.2 Å². The van der Waals surface area contributed by atoms with Crippen molar-refractivity contribution in [2.24, 2.45) is 0 Å². The summed E-state index contributed by atoms with van der Waals surface area (Å²) in [5, 5.41) is 11.9. The van der Waals surface area contributed by atoms with Gasteiger partial charge in [-0.2, -0.15) is 0 Å². The van der Waals surface area contributed by atoms with Gasteiger partial charge in [-0.3, -0.25) is 0 Å². The normalized spacial score (nSPS) is 15.4. The van der Waals surface area contributed by atoms with Crippen LogP contribution in [0.1, 0.15) is 48.0 Å². The van der Waals surface area contributed by atoms with Crippen molar-refractivity contribution in [2.45, 2.75) is 38.2 Å². The van der Waals surface area contributed by atoms with Gasteiger partial charge in [0.1, 0.15) is 23.4 Å². The van der Waals surface area contributed by atoms with Crippen molar-refractivity contribution in [1.82, 2.24) is 0 Å². The van der Waals surface area contributed by atoms with Crippen molar-refractivity contribution in [3.05, 3.63) is 102 Å². The lowest BCUT2D eigenvalue weighted by Crippen LogP contribution is -2.38. The first kappa shape index (κ1) is 26.4. The Balaban J connectivity index is 0.00000320. The predicted octanol–water partition coefficient (Wildman–Crippen LogP) is 8.11. The molecule has 1 unspecified atom stereocenters. The Kier molecular flexibility index (Phi) is 7.98. The minimum absolute atomic E-state index is 0. The van der Waals surface area contributed by atoms with Gasteiger partial charge in [0, 0.05) is 5.69 Å². The highest BCUT2D eigenvalue weighted by molar-refractivity contribution is 5.89. The van der Waals surface area contributed by atoms with Gasteiger partial charge >= 0.3 is 5.97 Å². The number of para-hydroxylation sites is 1. The molecule has 0 fully saturated rings. The number of nitrogens with zero attached hydrogens (tertiary/aromatic N) is 1. The number of ether oxygens (including phenoxy) is 1. The Bertz CT molecular complexity index is 1420. The van der Waals surface area contributed by atoms with E-state index in [9.17, 15) is 18.7 Å². The highest BCUT2D eigenvalue weighted by Crippen LogP contribution is 2.41. The van der Waals surface area contributed by atoms with Crippen LogP contribution in [0.5, 0.6) is 5.75 Å². The molecule has 7 heteroatoms. The Hall–Kier alpha value is -3.64. The van der Waals surface area contributed by atoms with E-state index in [-0.39, 0.29) is 35.4 Å². The molecule has 2 atom stereocenters. The van der Waals surface area contributed by atoms with E-state index in [1.54, 1.807) is 17.0 Å². The van der Waals surface area contributed by atoms with Crippen LogP contribution in [-0.2, 0) is 0 Å². The van der Waals surface area contributed by atoms with Gasteiger partial charge in [0.25, 0.3) is 0 Å². The van der Waals surface area contributed by atoms with Crippen LogP contribution < -0.4 is 9.64 Å². The van der Waals surface area contributed by atoms with Gasteiger partial charge < -0.3 is 14.7 Å². The maximum absolute atomic E-state index is 14.8. The van der Waals surface area contributed by atoms with Gasteiger partial charge in [0.2, 0.25) is 0 Å². The van der Waals surface area contributed by atoms with Crippen LogP contribution in [0, 0.1) is 11.6 Å². The molecule has 192 valence electrons. The van der Waals surface area contributed by atoms with Crippen molar-refractivity contribution < 1.29 is 23.4 Å². The molecule has 1 heterocycles. The summed E-state index contributed by atoms with van der Waals surface area (Å²) < 4.78 is 35.2. The molecule has 1 aliphatic heterocycles. The number of hydrogen-bond acceptors (Lipinski definition) is 3. The third kappa shape index (κ3) is 5.54. The summed E-state index contributed by atoms with van der Waals surface area (Å²) in [6.45, 7) is 2.51. The lowest BCUT2D eigenvalue weighted by molar-refractivity contribution is 0.0696. The van der Waals surface area contributed by atoms with Gasteiger partial charge in [0.15, 0.2) is 5.82 Å². The van der Waals surface area contributed by atoms with Crippen molar-refractivity contribution in [2.75, 3.05) is 11.4 Å². The van der Waals surface area contributed by atoms with E-state index in [0.717, 1.165) is 25.3 Å². The first-order valence-corrected chi connectivity index (χ1v) is 12.1. The summed E-state index contributed by atoms with van der Waals surface area (Å²) >= 11 is 0. The van der Waals surface area contributed by atoms with Crippen molar-refractivity contribution in [3.63, 3.8) is 0 Å². The molecule has 1 N–H and O–H groups in total. The molecule has 0 radical (unpaired) electrons. The molecule has 5 rings (SSSR count). The monoisotopic (exact) mass is 523 g/mol. The second-order valence-electron chi connectivity index (χ2n) is 9.34. The summed E-state index contributed by atoms with van der Waals surface area (Å²) in [4.78, 5) is 13.1. The number of fused-ring (bicyclic) bond motifs is 2. The number of halogens is 3. The van der Waals surface area contributed by atoms with Gasteiger partial charge in [0.05, 0.1) is 12.1 Å². The standard InChI is InChI=1S/C30H27F2NO3.ClH/c1-19(25-12-5-9-20-8-2-3-11-26(20)25)7-4-10-24-18-33(29-27(32)13-6-14-28(29)36-24)23-16-21(30(34)35)15-22(31)17-23;/h2-3,5-6,8-9,11-17,19,24H,4,7,10,18H2,1H3,(H,34,35);1H/t19-,24?;/m0./s1. The van der Waals surface area contributed by atoms with Crippen LogP contribution in [-0.4, -0.2) is 23.7 Å². The van der Waals surface area contributed by atoms with Gasteiger partial charge in [-0.1, -0.05) is 55.5 Å². The molecular formula is C30H28ClF2NO3. The smallest absolute Gasteiger partial charge is 0.335 e.